The van der Waals surface area contributed by atoms with Gasteiger partial charge in [-0.25, -0.2) is 9.18 Å². The summed E-state index contributed by atoms with van der Waals surface area (Å²) in [7, 11) is 3.05. The maximum Gasteiger partial charge on any atom is 0.410 e. The molecule has 1 saturated heterocycles. The van der Waals surface area contributed by atoms with E-state index in [1.54, 1.807) is 32.9 Å². The lowest BCUT2D eigenvalue weighted by molar-refractivity contribution is -0.165. The summed E-state index contributed by atoms with van der Waals surface area (Å²) in [4.78, 5) is 14.4. The fourth-order valence-electron chi connectivity index (χ4n) is 4.69. The van der Waals surface area contributed by atoms with Crippen molar-refractivity contribution in [1.29, 1.82) is 0 Å². The molecule has 2 atom stereocenters. The Morgan fingerprint density at radius 3 is 2.54 bits per heavy atom. The molecule has 1 aliphatic heterocycles. The predicted octanol–water partition coefficient (Wildman–Crippen LogP) is 5.28. The van der Waals surface area contributed by atoms with Gasteiger partial charge < -0.3 is 29.0 Å². The van der Waals surface area contributed by atoms with Crippen molar-refractivity contribution in [3.05, 3.63) is 59.4 Å². The lowest BCUT2D eigenvalue weighted by Gasteiger charge is -2.43. The zero-order valence-electron chi connectivity index (χ0n) is 22.8. The fraction of sp³-hybridized carbons (Fsp3) is 0.552. The van der Waals surface area contributed by atoms with Crippen LogP contribution < -0.4 is 0 Å². The minimum atomic E-state index is -1.66. The summed E-state index contributed by atoms with van der Waals surface area (Å²) in [5.74, 6) is -0.445. The second kappa shape index (κ2) is 12.3. The molecule has 1 heterocycles. The van der Waals surface area contributed by atoms with E-state index in [2.05, 4.69) is 0 Å². The van der Waals surface area contributed by atoms with Gasteiger partial charge in [0.2, 0.25) is 0 Å². The number of ether oxygens (including phenoxy) is 4. The van der Waals surface area contributed by atoms with E-state index in [0.717, 1.165) is 12.0 Å². The van der Waals surface area contributed by atoms with E-state index in [4.69, 9.17) is 18.9 Å². The van der Waals surface area contributed by atoms with Gasteiger partial charge in [0.15, 0.2) is 6.29 Å². The molecule has 204 valence electrons. The first-order valence-electron chi connectivity index (χ1n) is 12.8. The van der Waals surface area contributed by atoms with Crippen LogP contribution in [0.2, 0.25) is 0 Å². The second-order valence-electron chi connectivity index (χ2n) is 10.4. The lowest BCUT2D eigenvalue weighted by atomic mass is 9.79. The average Bonchev–Trinajstić information content (AvgIpc) is 2.88. The number of carbonyl (C=O) groups excluding carboxylic acids is 1. The van der Waals surface area contributed by atoms with Gasteiger partial charge in [0, 0.05) is 32.7 Å². The molecule has 1 N–H and O–H groups in total. The summed E-state index contributed by atoms with van der Waals surface area (Å²) in [5, 5.41) is 12.4. The van der Waals surface area contributed by atoms with Crippen LogP contribution in [-0.4, -0.2) is 68.0 Å². The third-order valence-corrected chi connectivity index (χ3v) is 6.64. The molecule has 2 aromatic carbocycles. The van der Waals surface area contributed by atoms with Crippen molar-refractivity contribution in [1.82, 2.24) is 4.90 Å². The first-order valence-corrected chi connectivity index (χ1v) is 12.8. The molecule has 0 saturated carbocycles. The smallest absolute Gasteiger partial charge is 0.410 e. The van der Waals surface area contributed by atoms with Crippen LogP contribution in [-0.2, 0) is 31.0 Å². The SMILES string of the molecule is CCc1cccc(-c2c(F)cccc2C(O)(CCC(OC)OC)[C@H]2CN(C(=O)OC(C)(C)C)CCO2)c1. The van der Waals surface area contributed by atoms with E-state index >= 15 is 4.39 Å². The van der Waals surface area contributed by atoms with Gasteiger partial charge in [-0.15, -0.1) is 0 Å². The minimum Gasteiger partial charge on any atom is -0.444 e. The number of carbonyl (C=O) groups is 1. The van der Waals surface area contributed by atoms with Gasteiger partial charge in [-0.3, -0.25) is 0 Å². The van der Waals surface area contributed by atoms with E-state index in [-0.39, 0.29) is 19.6 Å². The van der Waals surface area contributed by atoms with Crippen LogP contribution in [0, 0.1) is 5.82 Å². The normalized spacial score (nSPS) is 18.1. The van der Waals surface area contributed by atoms with Crippen LogP contribution in [0.25, 0.3) is 11.1 Å². The predicted molar refractivity (Wildman–Crippen MR) is 140 cm³/mol. The molecule has 0 radical (unpaired) electrons. The lowest BCUT2D eigenvalue weighted by Crippen LogP contribution is -2.55. The summed E-state index contributed by atoms with van der Waals surface area (Å²) in [6, 6.07) is 12.3. The Kier molecular flexibility index (Phi) is 9.69. The van der Waals surface area contributed by atoms with Crippen LogP contribution in [0.3, 0.4) is 0 Å². The summed E-state index contributed by atoms with van der Waals surface area (Å²) in [6.07, 6.45) is -0.626. The molecule has 2 aromatic rings. The Balaban J connectivity index is 2.07. The highest BCUT2D eigenvalue weighted by Crippen LogP contribution is 2.41. The summed E-state index contributed by atoms with van der Waals surface area (Å²) in [6.45, 7) is 8.07. The Labute approximate surface area is 219 Å². The zero-order chi connectivity index (χ0) is 27.2. The topological polar surface area (TPSA) is 77.5 Å². The van der Waals surface area contributed by atoms with Crippen molar-refractivity contribution < 1.29 is 33.2 Å². The van der Waals surface area contributed by atoms with Crippen LogP contribution in [0.15, 0.2) is 42.5 Å². The number of halogens is 1. The third-order valence-electron chi connectivity index (χ3n) is 6.64. The van der Waals surface area contributed by atoms with Crippen molar-refractivity contribution in [2.24, 2.45) is 0 Å². The maximum atomic E-state index is 15.5. The number of methoxy groups -OCH3 is 2. The summed E-state index contributed by atoms with van der Waals surface area (Å²) >= 11 is 0. The van der Waals surface area contributed by atoms with E-state index < -0.39 is 35.5 Å². The Morgan fingerprint density at radius 1 is 1.19 bits per heavy atom. The van der Waals surface area contributed by atoms with Gasteiger partial charge in [-0.05, 0) is 56.4 Å². The fourth-order valence-corrected chi connectivity index (χ4v) is 4.69. The number of nitrogens with zero attached hydrogens (tertiary/aromatic N) is 1. The Bertz CT molecular complexity index is 1050. The van der Waals surface area contributed by atoms with E-state index in [1.807, 2.05) is 31.2 Å². The molecule has 1 fully saturated rings. The molecule has 1 amide bonds. The highest BCUT2D eigenvalue weighted by atomic mass is 19.1. The number of aliphatic hydroxyl groups is 1. The van der Waals surface area contributed by atoms with Crippen molar-refractivity contribution in [3.63, 3.8) is 0 Å². The molecule has 37 heavy (non-hydrogen) atoms. The minimum absolute atomic E-state index is 0.0843. The van der Waals surface area contributed by atoms with Crippen LogP contribution in [0.5, 0.6) is 0 Å². The number of hydrogen-bond donors (Lipinski definition) is 1. The number of rotatable bonds is 9. The molecular formula is C29H40FNO6. The summed E-state index contributed by atoms with van der Waals surface area (Å²) < 4.78 is 37.9. The van der Waals surface area contributed by atoms with Crippen molar-refractivity contribution >= 4 is 6.09 Å². The molecule has 1 unspecified atom stereocenters. The maximum absolute atomic E-state index is 15.5. The van der Waals surface area contributed by atoms with Gasteiger partial charge >= 0.3 is 6.09 Å². The highest BCUT2D eigenvalue weighted by Gasteiger charge is 2.45. The van der Waals surface area contributed by atoms with Crippen molar-refractivity contribution in [2.75, 3.05) is 33.9 Å². The average molecular weight is 518 g/mol. The van der Waals surface area contributed by atoms with Crippen molar-refractivity contribution in [2.45, 2.75) is 70.6 Å². The largest absolute Gasteiger partial charge is 0.444 e. The van der Waals surface area contributed by atoms with Gasteiger partial charge in [0.05, 0.1) is 13.2 Å². The second-order valence-corrected chi connectivity index (χ2v) is 10.4. The zero-order valence-corrected chi connectivity index (χ0v) is 22.8. The monoisotopic (exact) mass is 517 g/mol. The first-order chi connectivity index (χ1) is 17.5. The Morgan fingerprint density at radius 2 is 1.89 bits per heavy atom. The molecule has 3 rings (SSSR count). The van der Waals surface area contributed by atoms with Crippen LogP contribution >= 0.6 is 0 Å². The number of benzene rings is 2. The molecule has 1 aliphatic rings. The number of aryl methyl sites for hydroxylation is 1. The number of morpholine rings is 1. The van der Waals surface area contributed by atoms with Crippen LogP contribution in [0.1, 0.15) is 51.7 Å². The van der Waals surface area contributed by atoms with Gasteiger partial charge in [-0.1, -0.05) is 43.3 Å². The van der Waals surface area contributed by atoms with E-state index in [0.29, 0.717) is 29.7 Å². The van der Waals surface area contributed by atoms with Gasteiger partial charge in [0.25, 0.3) is 0 Å². The molecule has 0 aliphatic carbocycles. The molecule has 0 bridgehead atoms. The van der Waals surface area contributed by atoms with Crippen LogP contribution in [0.4, 0.5) is 9.18 Å². The first kappa shape index (κ1) is 29.0. The molecule has 0 spiro atoms. The molecule has 8 heteroatoms. The van der Waals surface area contributed by atoms with E-state index in [9.17, 15) is 9.90 Å². The highest BCUT2D eigenvalue weighted by molar-refractivity contribution is 5.71. The van der Waals surface area contributed by atoms with Crippen molar-refractivity contribution in [3.8, 4) is 11.1 Å². The third kappa shape index (κ3) is 7.08. The van der Waals surface area contributed by atoms with Gasteiger partial charge in [0.1, 0.15) is 23.1 Å². The standard InChI is InChI=1S/C29H40FNO6/c1-7-20-10-8-11-21(18-20)26-22(12-9-13-23(26)30)29(33,15-14-25(34-5)35-6)24-19-31(16-17-36-24)27(32)37-28(2,3)4/h8-13,18,24-25,33H,7,14-17,19H2,1-6H3/t24-,29?/m1/s1. The quantitative estimate of drug-likeness (QED) is 0.456. The molecule has 0 aromatic heterocycles. The molecular weight excluding hydrogens is 477 g/mol. The van der Waals surface area contributed by atoms with E-state index in [1.165, 1.54) is 25.2 Å². The van der Waals surface area contributed by atoms with Gasteiger partial charge in [-0.2, -0.15) is 0 Å². The Hall–Kier alpha value is -2.52. The summed E-state index contributed by atoms with van der Waals surface area (Å²) in [5.41, 5.74) is 0.105. The molecule has 7 nitrogen and oxygen atoms in total. The number of amides is 1. The number of hydrogen-bond acceptors (Lipinski definition) is 6.